The molecule has 0 bridgehead atoms. The normalized spacial score (nSPS) is 10.6. The van der Waals surface area contributed by atoms with Crippen molar-refractivity contribution in [3.63, 3.8) is 0 Å². The molecular formula is C21H17N3S. The lowest BCUT2D eigenvalue weighted by Gasteiger charge is -2.10. The van der Waals surface area contributed by atoms with Gasteiger partial charge in [-0.3, -0.25) is 4.98 Å². The van der Waals surface area contributed by atoms with Gasteiger partial charge in [-0.25, -0.2) is 4.98 Å². The number of aromatic nitrogens is 2. The third kappa shape index (κ3) is 3.44. The quantitative estimate of drug-likeness (QED) is 0.499. The Morgan fingerprint density at radius 3 is 2.52 bits per heavy atom. The third-order valence-corrected chi connectivity index (χ3v) is 4.81. The Balaban J connectivity index is 1.62. The first kappa shape index (κ1) is 15.5. The molecule has 2 aromatic heterocycles. The molecule has 0 aliphatic carbocycles. The average Bonchev–Trinajstić information content (AvgIpc) is 3.14. The number of pyridine rings is 1. The molecule has 0 saturated carbocycles. The number of anilines is 2. The van der Waals surface area contributed by atoms with Crippen LogP contribution in [0.25, 0.3) is 22.4 Å². The molecule has 0 spiro atoms. The first-order valence-electron chi connectivity index (χ1n) is 8.08. The van der Waals surface area contributed by atoms with Gasteiger partial charge in [0.1, 0.15) is 0 Å². The van der Waals surface area contributed by atoms with E-state index in [1.54, 1.807) is 17.5 Å². The lowest BCUT2D eigenvalue weighted by Crippen LogP contribution is -1.93. The van der Waals surface area contributed by atoms with Gasteiger partial charge >= 0.3 is 0 Å². The molecule has 0 aliphatic heterocycles. The molecule has 2 heterocycles. The van der Waals surface area contributed by atoms with Gasteiger partial charge in [-0.2, -0.15) is 0 Å². The van der Waals surface area contributed by atoms with Crippen molar-refractivity contribution < 1.29 is 0 Å². The van der Waals surface area contributed by atoms with Crippen LogP contribution in [0.15, 0.2) is 78.4 Å². The van der Waals surface area contributed by atoms with Crippen LogP contribution in [0.5, 0.6) is 0 Å². The molecule has 0 radical (unpaired) electrons. The Kier molecular flexibility index (Phi) is 4.27. The minimum Gasteiger partial charge on any atom is -0.331 e. The van der Waals surface area contributed by atoms with Gasteiger partial charge in [0.25, 0.3) is 0 Å². The molecule has 2 aromatic carbocycles. The molecule has 25 heavy (non-hydrogen) atoms. The highest BCUT2D eigenvalue weighted by molar-refractivity contribution is 7.14. The maximum Gasteiger partial charge on any atom is 0.187 e. The van der Waals surface area contributed by atoms with Crippen LogP contribution in [0.1, 0.15) is 5.56 Å². The molecule has 4 rings (SSSR count). The zero-order valence-corrected chi connectivity index (χ0v) is 14.6. The Labute approximate surface area is 151 Å². The lowest BCUT2D eigenvalue weighted by atomic mass is 10.0. The van der Waals surface area contributed by atoms with Crippen molar-refractivity contribution >= 4 is 22.2 Å². The summed E-state index contributed by atoms with van der Waals surface area (Å²) in [5, 5.41) is 6.39. The van der Waals surface area contributed by atoms with Crippen LogP contribution >= 0.6 is 11.3 Å². The summed E-state index contributed by atoms with van der Waals surface area (Å²) in [6, 6.07) is 20.8. The molecule has 0 saturated heterocycles. The summed E-state index contributed by atoms with van der Waals surface area (Å²) in [6.45, 7) is 2.10. The van der Waals surface area contributed by atoms with Gasteiger partial charge in [0.2, 0.25) is 0 Å². The number of aryl methyl sites for hydroxylation is 1. The second kappa shape index (κ2) is 6.87. The Bertz CT molecular complexity index is 978. The van der Waals surface area contributed by atoms with Crippen molar-refractivity contribution in [2.24, 2.45) is 0 Å². The predicted molar refractivity (Wildman–Crippen MR) is 105 cm³/mol. The first-order chi connectivity index (χ1) is 12.3. The van der Waals surface area contributed by atoms with E-state index in [0.29, 0.717) is 0 Å². The van der Waals surface area contributed by atoms with Crippen molar-refractivity contribution in [1.82, 2.24) is 9.97 Å². The van der Waals surface area contributed by atoms with Crippen molar-refractivity contribution in [1.29, 1.82) is 0 Å². The minimum absolute atomic E-state index is 0.882. The molecule has 0 atom stereocenters. The smallest absolute Gasteiger partial charge is 0.187 e. The monoisotopic (exact) mass is 343 g/mol. The van der Waals surface area contributed by atoms with E-state index in [1.807, 2.05) is 24.4 Å². The minimum atomic E-state index is 0.882. The van der Waals surface area contributed by atoms with Gasteiger partial charge in [0.15, 0.2) is 5.13 Å². The van der Waals surface area contributed by atoms with Crippen molar-refractivity contribution in [3.05, 3.63) is 84.0 Å². The van der Waals surface area contributed by atoms with Crippen LogP contribution in [0.2, 0.25) is 0 Å². The number of nitrogens with one attached hydrogen (secondary N) is 1. The predicted octanol–water partition coefficient (Wildman–Crippen LogP) is 5.92. The zero-order chi connectivity index (χ0) is 17.1. The SMILES string of the molecule is Cc1ccc(-c2ccccc2)cc1Nc1nc(-c2cccnc2)cs1. The van der Waals surface area contributed by atoms with Crippen molar-refractivity contribution in [3.8, 4) is 22.4 Å². The molecule has 0 amide bonds. The van der Waals surface area contributed by atoms with Crippen LogP contribution < -0.4 is 5.32 Å². The molecular weight excluding hydrogens is 326 g/mol. The van der Waals surface area contributed by atoms with Gasteiger partial charge in [-0.05, 0) is 41.8 Å². The fourth-order valence-electron chi connectivity index (χ4n) is 2.66. The van der Waals surface area contributed by atoms with Crippen LogP contribution in [0.4, 0.5) is 10.8 Å². The molecule has 4 aromatic rings. The van der Waals surface area contributed by atoms with Crippen LogP contribution in [-0.2, 0) is 0 Å². The fourth-order valence-corrected chi connectivity index (χ4v) is 3.39. The second-order valence-corrected chi connectivity index (χ2v) is 6.66. The van der Waals surface area contributed by atoms with Gasteiger partial charge in [0, 0.05) is 29.0 Å². The fraction of sp³-hybridized carbons (Fsp3) is 0.0476. The second-order valence-electron chi connectivity index (χ2n) is 5.80. The van der Waals surface area contributed by atoms with Crippen molar-refractivity contribution in [2.45, 2.75) is 6.92 Å². The van der Waals surface area contributed by atoms with Gasteiger partial charge in [0.05, 0.1) is 5.69 Å². The Morgan fingerprint density at radius 2 is 1.72 bits per heavy atom. The molecule has 0 aliphatic rings. The first-order valence-corrected chi connectivity index (χ1v) is 8.96. The summed E-state index contributed by atoms with van der Waals surface area (Å²) in [5.74, 6) is 0. The van der Waals surface area contributed by atoms with E-state index in [4.69, 9.17) is 0 Å². The van der Waals surface area contributed by atoms with Crippen LogP contribution in [0.3, 0.4) is 0 Å². The molecule has 4 heteroatoms. The zero-order valence-electron chi connectivity index (χ0n) is 13.8. The molecule has 122 valence electrons. The number of nitrogens with zero attached hydrogens (tertiary/aromatic N) is 2. The van der Waals surface area contributed by atoms with Gasteiger partial charge < -0.3 is 5.32 Å². The Morgan fingerprint density at radius 1 is 0.880 bits per heavy atom. The van der Waals surface area contributed by atoms with Crippen molar-refractivity contribution in [2.75, 3.05) is 5.32 Å². The highest BCUT2D eigenvalue weighted by atomic mass is 32.1. The summed E-state index contributed by atoms with van der Waals surface area (Å²) < 4.78 is 0. The summed E-state index contributed by atoms with van der Waals surface area (Å²) in [5.41, 5.74) is 6.64. The van der Waals surface area contributed by atoms with E-state index < -0.39 is 0 Å². The lowest BCUT2D eigenvalue weighted by molar-refractivity contribution is 1.30. The largest absolute Gasteiger partial charge is 0.331 e. The molecule has 0 unspecified atom stereocenters. The molecule has 0 fully saturated rings. The highest BCUT2D eigenvalue weighted by Crippen LogP contribution is 2.30. The highest BCUT2D eigenvalue weighted by Gasteiger charge is 2.07. The number of rotatable bonds is 4. The van der Waals surface area contributed by atoms with E-state index in [2.05, 4.69) is 70.1 Å². The van der Waals surface area contributed by atoms with E-state index in [1.165, 1.54) is 16.7 Å². The van der Waals surface area contributed by atoms with Crippen LogP contribution in [0, 0.1) is 6.92 Å². The van der Waals surface area contributed by atoms with E-state index in [9.17, 15) is 0 Å². The summed E-state index contributed by atoms with van der Waals surface area (Å²) in [7, 11) is 0. The van der Waals surface area contributed by atoms with Gasteiger partial charge in [-0.1, -0.05) is 42.5 Å². The summed E-state index contributed by atoms with van der Waals surface area (Å²) >= 11 is 1.60. The molecule has 3 nitrogen and oxygen atoms in total. The third-order valence-electron chi connectivity index (χ3n) is 4.05. The summed E-state index contributed by atoms with van der Waals surface area (Å²) in [4.78, 5) is 8.84. The number of hydrogen-bond acceptors (Lipinski definition) is 4. The van der Waals surface area contributed by atoms with E-state index in [0.717, 1.165) is 22.1 Å². The number of benzene rings is 2. The number of thiazole rings is 1. The maximum atomic E-state index is 4.69. The topological polar surface area (TPSA) is 37.8 Å². The summed E-state index contributed by atoms with van der Waals surface area (Å²) in [6.07, 6.45) is 3.60. The standard InChI is InChI=1S/C21H17N3S/c1-15-9-10-17(16-6-3-2-4-7-16)12-19(15)23-21-24-20(14-25-21)18-8-5-11-22-13-18/h2-14H,1H3,(H,23,24). The number of hydrogen-bond donors (Lipinski definition) is 1. The van der Waals surface area contributed by atoms with E-state index in [-0.39, 0.29) is 0 Å². The van der Waals surface area contributed by atoms with Crippen LogP contribution in [-0.4, -0.2) is 9.97 Å². The Hall–Kier alpha value is -2.98. The average molecular weight is 343 g/mol. The maximum absolute atomic E-state index is 4.69. The van der Waals surface area contributed by atoms with E-state index >= 15 is 0 Å². The van der Waals surface area contributed by atoms with Gasteiger partial charge in [-0.15, -0.1) is 11.3 Å². The molecule has 1 N–H and O–H groups in total.